The molecule has 0 unspecified atom stereocenters. The second kappa shape index (κ2) is 5.29. The second-order valence-electron chi connectivity index (χ2n) is 3.97. The maximum atomic E-state index is 6.08. The molecular formula is C12H8Cl3N3S. The molecule has 0 aliphatic carbocycles. The molecular weight excluding hydrogens is 325 g/mol. The molecule has 0 saturated heterocycles. The summed E-state index contributed by atoms with van der Waals surface area (Å²) in [7, 11) is 0. The van der Waals surface area contributed by atoms with Crippen LogP contribution in [0.4, 0.5) is 0 Å². The molecule has 0 bridgehead atoms. The third-order valence-electron chi connectivity index (χ3n) is 2.79. The number of benzene rings is 1. The van der Waals surface area contributed by atoms with Gasteiger partial charge in [-0.15, -0.1) is 22.9 Å². The average Bonchev–Trinajstić information content (AvgIpc) is 3.00. The van der Waals surface area contributed by atoms with Gasteiger partial charge in [0.2, 0.25) is 0 Å². The molecule has 0 aliphatic heterocycles. The fourth-order valence-corrected chi connectivity index (χ4v) is 3.03. The summed E-state index contributed by atoms with van der Waals surface area (Å²) in [6.07, 6.45) is 1.84. The molecule has 0 N–H and O–H groups in total. The van der Waals surface area contributed by atoms with Crippen molar-refractivity contribution in [3.63, 3.8) is 0 Å². The van der Waals surface area contributed by atoms with Crippen molar-refractivity contribution in [3.05, 3.63) is 44.6 Å². The molecule has 0 spiro atoms. The van der Waals surface area contributed by atoms with E-state index in [2.05, 4.69) is 9.97 Å². The Balaban J connectivity index is 2.17. The molecule has 0 radical (unpaired) electrons. The van der Waals surface area contributed by atoms with Crippen molar-refractivity contribution in [1.29, 1.82) is 0 Å². The number of imidazole rings is 1. The van der Waals surface area contributed by atoms with E-state index in [0.29, 0.717) is 22.5 Å². The van der Waals surface area contributed by atoms with Gasteiger partial charge in [0.1, 0.15) is 5.82 Å². The predicted molar refractivity (Wildman–Crippen MR) is 80.5 cm³/mol. The summed E-state index contributed by atoms with van der Waals surface area (Å²) in [6.45, 7) is 0.682. The van der Waals surface area contributed by atoms with Crippen LogP contribution in [0.2, 0.25) is 10.0 Å². The van der Waals surface area contributed by atoms with E-state index >= 15 is 0 Å². The monoisotopic (exact) mass is 331 g/mol. The van der Waals surface area contributed by atoms with Crippen molar-refractivity contribution in [1.82, 2.24) is 14.5 Å². The van der Waals surface area contributed by atoms with Gasteiger partial charge in [0.25, 0.3) is 0 Å². The van der Waals surface area contributed by atoms with Gasteiger partial charge in [0, 0.05) is 11.1 Å². The molecule has 0 saturated carbocycles. The highest BCUT2D eigenvalue weighted by molar-refractivity contribution is 7.09. The number of nitrogens with zero attached hydrogens (tertiary/aromatic N) is 3. The minimum Gasteiger partial charge on any atom is -0.322 e. The number of halogens is 3. The van der Waals surface area contributed by atoms with Gasteiger partial charge in [-0.25, -0.2) is 4.98 Å². The number of thiazole rings is 1. The highest BCUT2D eigenvalue weighted by Crippen LogP contribution is 2.29. The summed E-state index contributed by atoms with van der Waals surface area (Å²) in [4.78, 5) is 9.70. The van der Waals surface area contributed by atoms with Crippen LogP contribution in [0.1, 0.15) is 10.7 Å². The van der Waals surface area contributed by atoms with Crippen LogP contribution in [0.25, 0.3) is 11.0 Å². The lowest BCUT2D eigenvalue weighted by atomic mass is 10.3. The minimum atomic E-state index is 0.336. The van der Waals surface area contributed by atoms with Crippen LogP contribution in [0.15, 0.2) is 23.8 Å². The quantitative estimate of drug-likeness (QED) is 0.657. The van der Waals surface area contributed by atoms with Gasteiger partial charge in [0.15, 0.2) is 0 Å². The topological polar surface area (TPSA) is 30.7 Å². The van der Waals surface area contributed by atoms with Crippen LogP contribution in [0, 0.1) is 0 Å². The number of fused-ring (bicyclic) bond motifs is 1. The average molecular weight is 333 g/mol. The van der Waals surface area contributed by atoms with E-state index in [1.54, 1.807) is 22.9 Å². The van der Waals surface area contributed by atoms with Crippen molar-refractivity contribution in [3.8, 4) is 0 Å². The first kappa shape index (κ1) is 13.2. The molecule has 0 atom stereocenters. The van der Waals surface area contributed by atoms with E-state index in [9.17, 15) is 0 Å². The SMILES string of the molecule is ClCc1nc2cc(Cl)c(Cl)cc2n1Cc1cncs1. The maximum absolute atomic E-state index is 6.08. The van der Waals surface area contributed by atoms with Crippen LogP contribution < -0.4 is 0 Å². The zero-order valence-electron chi connectivity index (χ0n) is 9.61. The van der Waals surface area contributed by atoms with Gasteiger partial charge in [0.05, 0.1) is 39.0 Å². The van der Waals surface area contributed by atoms with E-state index in [0.717, 1.165) is 21.7 Å². The first-order chi connectivity index (χ1) is 9.19. The summed E-state index contributed by atoms with van der Waals surface area (Å²) < 4.78 is 2.04. The number of alkyl halides is 1. The lowest BCUT2D eigenvalue weighted by Gasteiger charge is -2.06. The molecule has 7 heteroatoms. The fraction of sp³-hybridized carbons (Fsp3) is 0.167. The van der Waals surface area contributed by atoms with E-state index in [1.807, 2.05) is 16.8 Å². The second-order valence-corrected chi connectivity index (χ2v) is 6.02. The molecule has 3 aromatic rings. The molecule has 3 nitrogen and oxygen atoms in total. The van der Waals surface area contributed by atoms with Gasteiger partial charge in [-0.1, -0.05) is 23.2 Å². The molecule has 2 heterocycles. The zero-order chi connectivity index (χ0) is 13.4. The van der Waals surface area contributed by atoms with Gasteiger partial charge in [-0.3, -0.25) is 4.98 Å². The Morgan fingerprint density at radius 1 is 1.21 bits per heavy atom. The Morgan fingerprint density at radius 3 is 2.68 bits per heavy atom. The van der Waals surface area contributed by atoms with Gasteiger partial charge in [-0.2, -0.15) is 0 Å². The molecule has 0 amide bonds. The molecule has 98 valence electrons. The van der Waals surface area contributed by atoms with Crippen molar-refractivity contribution < 1.29 is 0 Å². The lowest BCUT2D eigenvalue weighted by molar-refractivity contribution is 0.787. The summed E-state index contributed by atoms with van der Waals surface area (Å²) in [6, 6.07) is 3.59. The highest BCUT2D eigenvalue weighted by Gasteiger charge is 2.13. The normalized spacial score (nSPS) is 11.3. The highest BCUT2D eigenvalue weighted by atomic mass is 35.5. The molecule has 2 aromatic heterocycles. The number of hydrogen-bond donors (Lipinski definition) is 0. The third kappa shape index (κ3) is 2.46. The molecule has 0 fully saturated rings. The largest absolute Gasteiger partial charge is 0.322 e. The Bertz CT molecular complexity index is 721. The lowest BCUT2D eigenvalue weighted by Crippen LogP contribution is -2.02. The van der Waals surface area contributed by atoms with Crippen LogP contribution in [-0.2, 0) is 12.4 Å². The summed E-state index contributed by atoms with van der Waals surface area (Å²) in [5.74, 6) is 1.13. The predicted octanol–water partition coefficient (Wildman–Crippen LogP) is 4.59. The number of hydrogen-bond acceptors (Lipinski definition) is 3. The zero-order valence-corrected chi connectivity index (χ0v) is 12.7. The number of rotatable bonds is 3. The van der Waals surface area contributed by atoms with Crippen molar-refractivity contribution in [2.24, 2.45) is 0 Å². The van der Waals surface area contributed by atoms with Crippen molar-refractivity contribution in [2.75, 3.05) is 0 Å². The Morgan fingerprint density at radius 2 is 2.00 bits per heavy atom. The minimum absolute atomic E-state index is 0.336. The van der Waals surface area contributed by atoms with Gasteiger partial charge >= 0.3 is 0 Å². The Labute approximate surface area is 128 Å². The van der Waals surface area contributed by atoms with Crippen molar-refractivity contribution in [2.45, 2.75) is 12.4 Å². The molecule has 1 aromatic carbocycles. The van der Waals surface area contributed by atoms with Gasteiger partial charge < -0.3 is 4.57 Å². The fourth-order valence-electron chi connectivity index (χ4n) is 1.92. The van der Waals surface area contributed by atoms with E-state index in [4.69, 9.17) is 34.8 Å². The third-order valence-corrected chi connectivity index (χ3v) is 4.51. The Hall–Kier alpha value is -0.810. The smallest absolute Gasteiger partial charge is 0.125 e. The van der Waals surface area contributed by atoms with Gasteiger partial charge in [-0.05, 0) is 12.1 Å². The standard InChI is InChI=1S/C12H8Cl3N3S/c13-3-12-17-10-1-8(14)9(15)2-11(10)18(12)5-7-4-16-6-19-7/h1-2,4,6H,3,5H2. The summed E-state index contributed by atoms with van der Waals surface area (Å²) >= 11 is 19.6. The van der Waals surface area contributed by atoms with Crippen LogP contribution in [-0.4, -0.2) is 14.5 Å². The van der Waals surface area contributed by atoms with Crippen LogP contribution >= 0.6 is 46.1 Å². The number of aromatic nitrogens is 3. The van der Waals surface area contributed by atoms with Crippen molar-refractivity contribution >= 4 is 57.2 Å². The van der Waals surface area contributed by atoms with E-state index in [1.165, 1.54) is 0 Å². The molecule has 19 heavy (non-hydrogen) atoms. The maximum Gasteiger partial charge on any atom is 0.125 e. The van der Waals surface area contributed by atoms with E-state index in [-0.39, 0.29) is 0 Å². The first-order valence-electron chi connectivity index (χ1n) is 5.46. The Kier molecular flexibility index (Phi) is 3.67. The summed E-state index contributed by atoms with van der Waals surface area (Å²) in [5, 5.41) is 1.01. The van der Waals surface area contributed by atoms with Crippen LogP contribution in [0.3, 0.4) is 0 Å². The summed E-state index contributed by atoms with van der Waals surface area (Å²) in [5.41, 5.74) is 3.53. The first-order valence-corrected chi connectivity index (χ1v) is 7.63. The molecule has 0 aliphatic rings. The molecule has 3 rings (SSSR count). The van der Waals surface area contributed by atoms with Crippen LogP contribution in [0.5, 0.6) is 0 Å². The van der Waals surface area contributed by atoms with E-state index < -0.39 is 0 Å².